The number of aliphatic hydroxyl groups excluding tert-OH is 2. The summed E-state index contributed by atoms with van der Waals surface area (Å²) < 4.78 is 210. The molecule has 8 aromatic rings. The van der Waals surface area contributed by atoms with Crippen molar-refractivity contribution >= 4 is 162 Å². The molecule has 4 fully saturated rings. The van der Waals surface area contributed by atoms with Crippen LogP contribution in [0.1, 0.15) is 37.8 Å². The van der Waals surface area contributed by atoms with Crippen LogP contribution in [0.25, 0.3) is 44.7 Å². The van der Waals surface area contributed by atoms with Crippen LogP contribution < -0.4 is 45.9 Å². The van der Waals surface area contributed by atoms with Crippen molar-refractivity contribution in [3.05, 3.63) is 50.6 Å². The van der Waals surface area contributed by atoms with E-state index in [0.717, 1.165) is 6.33 Å². The molecule has 0 bridgehead atoms. The van der Waals surface area contributed by atoms with Gasteiger partial charge in [0.2, 0.25) is 0 Å². The number of phosphoric acid groups is 12. The minimum atomic E-state index is -5.68. The fourth-order valence-electron chi connectivity index (χ4n) is 10.7. The zero-order chi connectivity index (χ0) is 91.0. The summed E-state index contributed by atoms with van der Waals surface area (Å²) in [5.74, 6) is 0.463. The van der Waals surface area contributed by atoms with Crippen molar-refractivity contribution in [3.63, 3.8) is 0 Å². The van der Waals surface area contributed by atoms with Gasteiger partial charge in [0.25, 0.3) is 0 Å². The Labute approximate surface area is 673 Å². The fraction of sp³-hybridized carbons (Fsp3) is 0.500. The van der Waals surface area contributed by atoms with Gasteiger partial charge in [0.1, 0.15) is 78.0 Å². The van der Waals surface area contributed by atoms with E-state index in [1.54, 1.807) is 0 Å². The molecule has 8 unspecified atom stereocenters. The Morgan fingerprint density at radius 1 is 0.320 bits per heavy atom. The predicted molar refractivity (Wildman–Crippen MR) is 387 cm³/mol. The third-order valence-electron chi connectivity index (χ3n) is 15.3. The molecule has 70 nitrogen and oxygen atoms in total. The normalized spacial score (nSPS) is 27.5. The molecule has 4 aliphatic rings. The van der Waals surface area contributed by atoms with Gasteiger partial charge in [-0.05, 0) is 6.42 Å². The van der Waals surface area contributed by atoms with E-state index < -0.39 is 206 Å². The SMILES string of the molecule is Nc1ncnc2c1ncn2[C@@H]1O[C@H](COP(=O)(O)OP(=O)(O)OP(=O)(O)O)C[C@H]1N.Nc1ncnc2c1ncn2[C@@H]1O[C@H](COP(=O)(O)OP(=O)(O)OP(=O)(O)O)[C@@H](N)[C@H]1O.Nc1ncnc2c1ncn2[C@@H]1O[C@H](COP(=O)(O)OP(=O)(O)OP(=O)(O)O)[C@@H](O)[C@H]1N.Nc1ncnc2c1ncn2[C@H]1C[C@H](N)[C@@H](COP(=O)(O)OP(=O)(O)OP(=O)(O)O)O1. The summed E-state index contributed by atoms with van der Waals surface area (Å²) >= 11 is 0. The van der Waals surface area contributed by atoms with E-state index in [4.69, 9.17) is 124 Å². The van der Waals surface area contributed by atoms with Gasteiger partial charge in [-0.25, -0.2) is 115 Å². The number of nitrogens with two attached hydrogens (primary N) is 8. The largest absolute Gasteiger partial charge is 0.490 e. The zero-order valence-electron chi connectivity index (χ0n) is 59.6. The molecule has 8 aromatic heterocycles. The third kappa shape index (κ3) is 27.8. The van der Waals surface area contributed by atoms with Crippen molar-refractivity contribution in [3.8, 4) is 0 Å². The molecule has 12 rings (SSSR count). The summed E-state index contributed by atoms with van der Waals surface area (Å²) in [6, 6.07) is -3.58. The minimum absolute atomic E-state index is 0.0738. The molecule has 0 aliphatic carbocycles. The maximum Gasteiger partial charge on any atom is 0.490 e. The maximum absolute atomic E-state index is 11.8. The number of rotatable bonds is 32. The summed E-state index contributed by atoms with van der Waals surface area (Å²) in [4.78, 5) is 190. The van der Waals surface area contributed by atoms with Crippen LogP contribution in [-0.4, -0.2) is 254 Å². The maximum atomic E-state index is 11.8. The van der Waals surface area contributed by atoms with Crippen molar-refractivity contribution in [2.24, 2.45) is 22.9 Å². The second-order valence-electron chi connectivity index (χ2n) is 24.2. The van der Waals surface area contributed by atoms with Gasteiger partial charge in [-0.3, -0.25) is 36.4 Å². The molecule has 0 aromatic carbocycles. The standard InChI is InChI=1S/2C10H17N6O12P3.2C10H17N6O11P3/c11-5-7(17)4(1-25-30(21,22)28-31(23,24)27-29(18,19)20)26-10(5)16-3-15-6-8(12)13-2-14-9(6)16;11-5-4(1-25-30(21,22)28-31(23,24)27-29(18,19)20)26-10(7(5)17)16-3-15-6-8(12)13-2-14-9(6)16;11-5-1-7(16-4-15-8-9(12)13-3-14-10(8)16)25-6(5)2-24-29(20,21)27-30(22,23)26-28(17,18)19;11-6-1-5(2-24-29(20,21)27-30(22,23)26-28(17,18)19)25-10(6)16-4-15-7-8(12)13-3-14-9(7)16/h2*2-5,7,10,17H,1,11H2,(H,21,22)(H,23,24)(H2,12,13,14)(H2,18,19,20);3-7H,1-2,11H2,(H,20,21)(H,22,23)(H2,12,13,14)(H2,17,18,19);3-6,10H,1-2,11H2,(H,20,21)(H,22,23)(H2,12,13,14)(H2,17,18,19)/t2*4-,5-,7-,10-;5-,6+,7+;5-,6+,10+/m1100/s1. The van der Waals surface area contributed by atoms with Crippen LogP contribution in [0.2, 0.25) is 0 Å². The molecule has 82 heteroatoms. The van der Waals surface area contributed by atoms with E-state index >= 15 is 0 Å². The monoisotopic (exact) mass is 1990 g/mol. The molecule has 0 amide bonds. The summed E-state index contributed by atoms with van der Waals surface area (Å²) in [6.07, 6.45) is -0.463. The number of nitrogens with zero attached hydrogens (tertiary/aromatic N) is 16. The number of anilines is 4. The van der Waals surface area contributed by atoms with Gasteiger partial charge in [-0.15, -0.1) is 0 Å². The van der Waals surface area contributed by atoms with Gasteiger partial charge in [0.15, 0.2) is 64.5 Å². The van der Waals surface area contributed by atoms with Crippen molar-refractivity contribution in [1.29, 1.82) is 0 Å². The van der Waals surface area contributed by atoms with Crippen molar-refractivity contribution in [1.82, 2.24) is 78.1 Å². The number of phosphoric ester groups is 4. The lowest BCUT2D eigenvalue weighted by atomic mass is 10.1. The molecule has 684 valence electrons. The number of ether oxygens (including phenoxy) is 4. The molecule has 4 aliphatic heterocycles. The topological polar surface area (TPSA) is 1100 Å². The molecule has 22 atom stereocenters. The Bertz CT molecular complexity index is 5550. The Hall–Kier alpha value is -5.36. The summed E-state index contributed by atoms with van der Waals surface area (Å²) in [7, 11) is -65.9. The fourth-order valence-corrected chi connectivity index (χ4v) is 22.8. The lowest BCUT2D eigenvalue weighted by Gasteiger charge is -2.19. The molecule has 0 saturated carbocycles. The Kier molecular flexibility index (Phi) is 31.7. The first-order valence-corrected chi connectivity index (χ1v) is 49.8. The van der Waals surface area contributed by atoms with Gasteiger partial charge in [0.05, 0.1) is 82.1 Å². The Balaban J connectivity index is 0.000000185. The first-order chi connectivity index (χ1) is 55.9. The van der Waals surface area contributed by atoms with E-state index in [9.17, 15) is 84.6 Å². The van der Waals surface area contributed by atoms with E-state index in [2.05, 4.69) is 112 Å². The number of hydrogen-bond donors (Lipinski definition) is 26. The zero-order valence-corrected chi connectivity index (χ0v) is 70.3. The van der Waals surface area contributed by atoms with E-state index in [0.29, 0.717) is 22.3 Å². The second kappa shape index (κ2) is 38.5. The number of nitrogen functional groups attached to an aromatic ring is 4. The Morgan fingerprint density at radius 3 is 0.984 bits per heavy atom. The van der Waals surface area contributed by atoms with Crippen LogP contribution in [0.4, 0.5) is 23.3 Å². The molecule has 34 N–H and O–H groups in total. The minimum Gasteiger partial charge on any atom is -0.389 e. The lowest BCUT2D eigenvalue weighted by molar-refractivity contribution is -0.0482. The average Bonchev–Trinajstić information content (AvgIpc) is 1.63. The molecular formula is C40H68N24O46P12. The number of hydrogen-bond acceptors (Lipinski definition) is 50. The van der Waals surface area contributed by atoms with Gasteiger partial charge >= 0.3 is 93.9 Å². The van der Waals surface area contributed by atoms with Crippen molar-refractivity contribution in [2.45, 2.75) is 98.5 Å². The molecular weight excluding hydrogens is 1920 g/mol. The van der Waals surface area contributed by atoms with E-state index in [-0.39, 0.29) is 58.4 Å². The van der Waals surface area contributed by atoms with E-state index in [1.807, 2.05) is 0 Å². The van der Waals surface area contributed by atoms with E-state index in [1.165, 1.54) is 62.6 Å². The quantitative estimate of drug-likeness (QED) is 0.0176. The molecule has 0 spiro atoms. The predicted octanol–water partition coefficient (Wildman–Crippen LogP) is -4.59. The third-order valence-corrected chi connectivity index (χ3v) is 30.5. The van der Waals surface area contributed by atoms with Crippen LogP contribution in [0.15, 0.2) is 50.6 Å². The van der Waals surface area contributed by atoms with Gasteiger partial charge in [0, 0.05) is 12.5 Å². The van der Waals surface area contributed by atoms with Gasteiger partial charge < -0.3 is 153 Å². The first-order valence-electron chi connectivity index (χ1n) is 31.8. The van der Waals surface area contributed by atoms with Crippen molar-refractivity contribution < 1.29 is 215 Å². The second-order valence-corrected chi connectivity index (χ2v) is 41.9. The van der Waals surface area contributed by atoms with Crippen LogP contribution in [0.3, 0.4) is 0 Å². The van der Waals surface area contributed by atoms with Crippen LogP contribution in [0, 0.1) is 0 Å². The molecule has 12 heterocycles. The van der Waals surface area contributed by atoms with Gasteiger partial charge in [-0.1, -0.05) is 0 Å². The number of aromatic nitrogens is 16. The average molecular weight is 1990 g/mol. The first kappa shape index (κ1) is 100. The highest BCUT2D eigenvalue weighted by Gasteiger charge is 2.51. The van der Waals surface area contributed by atoms with Crippen LogP contribution in [-0.2, 0) is 126 Å². The summed E-state index contributed by atoms with van der Waals surface area (Å²) in [6.45, 7) is -2.98. The molecule has 122 heavy (non-hydrogen) atoms. The lowest BCUT2D eigenvalue weighted by Crippen LogP contribution is -2.41. The molecule has 4 saturated heterocycles. The van der Waals surface area contributed by atoms with Crippen molar-refractivity contribution in [2.75, 3.05) is 49.4 Å². The van der Waals surface area contributed by atoms with Crippen LogP contribution in [0.5, 0.6) is 0 Å². The number of aliphatic hydroxyl groups is 2. The molecule has 0 radical (unpaired) electrons. The smallest absolute Gasteiger partial charge is 0.389 e. The van der Waals surface area contributed by atoms with Gasteiger partial charge in [-0.2, -0.15) is 34.5 Å². The summed E-state index contributed by atoms with van der Waals surface area (Å²) in [5, 5.41) is 20.7. The highest BCUT2D eigenvalue weighted by Crippen LogP contribution is 2.70. The number of fused-ring (bicyclic) bond motifs is 4. The summed E-state index contributed by atoms with van der Waals surface area (Å²) in [5.41, 5.74) is 48.9. The van der Waals surface area contributed by atoms with Crippen LogP contribution >= 0.6 is 93.9 Å². The highest BCUT2D eigenvalue weighted by atomic mass is 31.3. The number of imidazole rings is 4. The Morgan fingerprint density at radius 2 is 0.623 bits per heavy atom. The highest BCUT2D eigenvalue weighted by molar-refractivity contribution is 7.68.